The normalized spacial score (nSPS) is 14.3. The summed E-state index contributed by atoms with van der Waals surface area (Å²) in [6.45, 7) is 15.0. The molecule has 1 unspecified atom stereocenters. The maximum absolute atomic E-state index is 14.3. The molecule has 434 valence electrons. The van der Waals surface area contributed by atoms with Gasteiger partial charge in [-0.05, 0) is 25.8 Å². The fraction of sp³-hybridized carbons (Fsp3) is 0.400. The minimum absolute atomic E-state index is 0.0327. The van der Waals surface area contributed by atoms with Crippen LogP contribution >= 0.6 is 15.5 Å². The van der Waals surface area contributed by atoms with Gasteiger partial charge in [-0.2, -0.15) is 0 Å². The first-order valence-corrected chi connectivity index (χ1v) is 31.7. The van der Waals surface area contributed by atoms with Gasteiger partial charge in [0.25, 0.3) is 0 Å². The second-order valence-electron chi connectivity index (χ2n) is 20.1. The third-order valence-corrected chi connectivity index (χ3v) is 17.0. The van der Waals surface area contributed by atoms with Crippen LogP contribution in [-0.4, -0.2) is 160 Å². The number of nitrogens with one attached hydrogen (secondary N) is 1. The number of aliphatic imine (C=N–C) groups is 2. The quantitative estimate of drug-likeness (QED) is 0.0199. The van der Waals surface area contributed by atoms with Gasteiger partial charge in [-0.1, -0.05) is 13.8 Å². The number of amidine groups is 2. The molecule has 4 N–H and O–H groups in total. The average molecular weight is 1150 g/mol. The molecule has 0 aromatic heterocycles. The molecule has 21 heteroatoms. The van der Waals surface area contributed by atoms with Crippen molar-refractivity contribution in [2.75, 3.05) is 86.5 Å². The molecule has 2 heterocycles. The molecule has 2 aliphatic heterocycles. The Labute approximate surface area is 477 Å². The molecule has 0 bridgehead atoms. The molecular formula is C60H80N10O9P2. The monoisotopic (exact) mass is 1150 g/mol. The van der Waals surface area contributed by atoms with E-state index in [2.05, 4.69) is 29.1 Å². The second kappa shape index (κ2) is 30.2. The van der Waals surface area contributed by atoms with E-state index in [0.29, 0.717) is 102 Å². The molecular weight excluding hydrogens is 1070 g/mol. The predicted molar refractivity (Wildman–Crippen MR) is 330 cm³/mol. The van der Waals surface area contributed by atoms with Crippen LogP contribution in [0.2, 0.25) is 0 Å². The van der Waals surface area contributed by atoms with Crippen LogP contribution in [0.5, 0.6) is 0 Å². The van der Waals surface area contributed by atoms with E-state index in [1.54, 1.807) is 62.3 Å². The van der Waals surface area contributed by atoms with Crippen molar-refractivity contribution in [1.29, 1.82) is 0 Å². The van der Waals surface area contributed by atoms with Gasteiger partial charge in [-0.15, -0.1) is 0 Å². The van der Waals surface area contributed by atoms with Gasteiger partial charge in [0.1, 0.15) is 5.84 Å². The number of amides is 2. The molecule has 81 heavy (non-hydrogen) atoms. The number of hydrazone groups is 2. The number of rotatable bonds is 29. The van der Waals surface area contributed by atoms with Gasteiger partial charge in [-0.25, -0.2) is 4.99 Å². The molecule has 0 saturated heterocycles. The fourth-order valence-electron chi connectivity index (χ4n) is 9.27. The summed E-state index contributed by atoms with van der Waals surface area (Å²) in [7, 11) is -2.16. The van der Waals surface area contributed by atoms with Crippen molar-refractivity contribution in [2.45, 2.75) is 73.1 Å². The maximum atomic E-state index is 14.3. The van der Waals surface area contributed by atoms with Crippen LogP contribution in [0.1, 0.15) is 116 Å². The van der Waals surface area contributed by atoms with Crippen LogP contribution in [0.25, 0.3) is 34.4 Å². The Hall–Kier alpha value is -6.98. The summed E-state index contributed by atoms with van der Waals surface area (Å²) >= 11 is 0. The van der Waals surface area contributed by atoms with E-state index in [1.165, 1.54) is 7.11 Å². The van der Waals surface area contributed by atoms with E-state index in [9.17, 15) is 28.6 Å². The van der Waals surface area contributed by atoms with Crippen LogP contribution in [0, 0.1) is 0 Å². The first-order chi connectivity index (χ1) is 38.9. The molecule has 0 saturated carbocycles. The molecule has 1 atom stereocenters. The van der Waals surface area contributed by atoms with E-state index < -0.39 is 15.5 Å². The number of carbonyl (C=O) groups is 4. The number of nitrogens with zero attached hydrogens (tertiary/aromatic N) is 8. The van der Waals surface area contributed by atoms with Gasteiger partial charge in [0.15, 0.2) is 0 Å². The van der Waals surface area contributed by atoms with Crippen molar-refractivity contribution in [3.05, 3.63) is 117 Å². The molecule has 0 spiro atoms. The Morgan fingerprint density at radius 1 is 0.679 bits per heavy atom. The van der Waals surface area contributed by atoms with Crippen LogP contribution in [0.4, 0.5) is 11.4 Å². The molecule has 0 fully saturated rings. The molecule has 19 nitrogen and oxygen atoms in total. The van der Waals surface area contributed by atoms with Gasteiger partial charge < -0.3 is 15.2 Å². The summed E-state index contributed by atoms with van der Waals surface area (Å²) in [5, 5.41) is 15.5. The molecule has 0 aliphatic carbocycles. The van der Waals surface area contributed by atoms with E-state index in [0.717, 1.165) is 66.1 Å². The third kappa shape index (κ3) is 17.8. The minimum Gasteiger partial charge on any atom is -0.387 e. The number of aldehydes is 2. The first-order valence-electron chi connectivity index (χ1n) is 27.7. The number of nitrogens with two attached hydrogens (primary N) is 1. The van der Waals surface area contributed by atoms with Crippen LogP contribution < -0.4 is 10.8 Å². The number of fused-ring (bicyclic) bond motifs is 2. The number of hydrogen-bond acceptors (Lipinski definition) is 17. The number of likely N-dealkylation sites (N-methyl/N-ethyl adjacent to an activating group) is 1. The molecule has 2 aliphatic rings. The number of hydrogen-bond donors (Lipinski definition) is 3. The van der Waals surface area contributed by atoms with Crippen molar-refractivity contribution in [2.24, 2.45) is 25.9 Å². The fourth-order valence-corrected chi connectivity index (χ4v) is 11.8. The standard InChI is InChI=1S/C60H80N10O9P2/c1-10-23-69(24-11-2)59(73)51-33-47-19-15-45(35-55(47)64-57(61)37-51)43-17-21-49(41-71)53(31-43)39-62-67(6)27-29-79-81(76,77-8)66-58-38-52(60(74)70(25-12-3)26-13-4)34-48-20-16-46(36-56(48)65-58)44-18-22-50(42-72)54(32-44)40-63-68(7)28-30-80(9,75)78-14-5/h15-22,31-36,39-42,76,81H,10-14,23-30,37-38H2,1-9H3,(H2,61,64)(H,65,66)/b62-39-,63-40-. The molecule has 0 radical (unpaired) electrons. The van der Waals surface area contributed by atoms with Gasteiger partial charge in [0.05, 0.1) is 6.61 Å². The smallest absolute Gasteiger partial charge is 0.387 e. The van der Waals surface area contributed by atoms with Gasteiger partial charge in [-0.3, -0.25) is 9.36 Å². The summed E-state index contributed by atoms with van der Waals surface area (Å²) in [6.07, 6.45) is 12.3. The first kappa shape index (κ1) is 63.2. The molecule has 4 aromatic rings. The summed E-state index contributed by atoms with van der Waals surface area (Å²) in [5.41, 5.74) is 15.3. The Balaban J connectivity index is 1.20. The molecule has 6 rings (SSSR count). The zero-order chi connectivity index (χ0) is 58.7. The SMILES string of the molecule is CCCN(CCC)C(=O)C1=Cc2ccc(-c3ccc(C=O)c(/C=N\N(C)CCO[PH](O)(NC4=Nc5cc(-c6ccc(C=O)c(/C=N\N(C)CCP(C)(=O)OCC)c6)ccc5C=C(C(=O)N(CCC)CCC)C4)OC)c3)cc2N=C(N)C1. The van der Waals surface area contributed by atoms with Gasteiger partial charge >= 0.3 is 328 Å². The van der Waals surface area contributed by atoms with Crippen molar-refractivity contribution in [3.63, 3.8) is 0 Å². The average Bonchev–Trinajstić information content (AvgIpc) is 3.83. The van der Waals surface area contributed by atoms with Gasteiger partial charge in [0, 0.05) is 57.1 Å². The van der Waals surface area contributed by atoms with E-state index >= 15 is 0 Å². The number of benzene rings is 4. The van der Waals surface area contributed by atoms with Crippen molar-refractivity contribution >= 4 is 87.5 Å². The zero-order valence-corrected chi connectivity index (χ0v) is 50.2. The summed E-state index contributed by atoms with van der Waals surface area (Å²) in [6, 6.07) is 22.3. The Bertz CT molecular complexity index is 3130. The van der Waals surface area contributed by atoms with Crippen LogP contribution in [0.15, 0.2) is 104 Å². The van der Waals surface area contributed by atoms with E-state index in [-0.39, 0.29) is 43.6 Å². The summed E-state index contributed by atoms with van der Waals surface area (Å²) in [4.78, 5) is 77.6. The zero-order valence-electron chi connectivity index (χ0n) is 48.3. The molecule has 4 aromatic carbocycles. The molecule has 2 amide bonds. The van der Waals surface area contributed by atoms with E-state index in [1.807, 2.05) is 96.5 Å². The van der Waals surface area contributed by atoms with Crippen molar-refractivity contribution in [1.82, 2.24) is 24.9 Å². The van der Waals surface area contributed by atoms with Gasteiger partial charge in [0.2, 0.25) is 13.3 Å². The van der Waals surface area contributed by atoms with Crippen LogP contribution in [-0.2, 0) is 27.7 Å². The summed E-state index contributed by atoms with van der Waals surface area (Å²) < 4.78 is 29.8. The minimum atomic E-state index is -4.24. The predicted octanol–water partition coefficient (Wildman–Crippen LogP) is 10.4. The second-order valence-corrected chi connectivity index (χ2v) is 24.9. The Morgan fingerprint density at radius 3 is 1.60 bits per heavy atom. The Morgan fingerprint density at radius 2 is 1.14 bits per heavy atom. The Kier molecular flexibility index (Phi) is 23.6. The van der Waals surface area contributed by atoms with Crippen molar-refractivity contribution in [3.8, 4) is 22.3 Å². The number of carbonyl (C=O) groups excluding carboxylic acids is 4. The van der Waals surface area contributed by atoms with E-state index in [4.69, 9.17) is 29.3 Å². The van der Waals surface area contributed by atoms with Crippen LogP contribution in [0.3, 0.4) is 0 Å². The third-order valence-electron chi connectivity index (χ3n) is 13.5. The summed E-state index contributed by atoms with van der Waals surface area (Å²) in [5.74, 6) is 0.429. The topological polar surface area (TPSA) is 234 Å². The van der Waals surface area contributed by atoms with Crippen molar-refractivity contribution < 1.29 is 42.2 Å².